The molecule has 6 heteroatoms. The third-order valence-electron chi connectivity index (χ3n) is 6.87. The summed E-state index contributed by atoms with van der Waals surface area (Å²) in [7, 11) is 0. The summed E-state index contributed by atoms with van der Waals surface area (Å²) in [5.74, 6) is 1.05. The highest BCUT2D eigenvalue weighted by atomic mass is 35.5. The Morgan fingerprint density at radius 3 is 2.50 bits per heavy atom. The molecule has 5 nitrogen and oxygen atoms in total. The molecular weight excluding hydrogens is 394 g/mol. The molecule has 5 rings (SSSR count). The fourth-order valence-corrected chi connectivity index (χ4v) is 4.96. The van der Waals surface area contributed by atoms with Crippen molar-refractivity contribution in [1.29, 1.82) is 0 Å². The Bertz CT molecular complexity index is 1090. The summed E-state index contributed by atoms with van der Waals surface area (Å²) in [4.78, 5) is 21.0. The van der Waals surface area contributed by atoms with Gasteiger partial charge in [0.05, 0.1) is 17.8 Å². The number of benzene rings is 1. The zero-order valence-electron chi connectivity index (χ0n) is 17.7. The third-order valence-corrected chi connectivity index (χ3v) is 7.13. The van der Waals surface area contributed by atoms with E-state index < -0.39 is 0 Å². The van der Waals surface area contributed by atoms with Crippen LogP contribution in [0.4, 0.5) is 5.82 Å². The van der Waals surface area contributed by atoms with Gasteiger partial charge in [-0.2, -0.15) is 0 Å². The second-order valence-electron chi connectivity index (χ2n) is 8.77. The number of halogens is 1. The molecule has 3 aliphatic heterocycles. The lowest BCUT2D eigenvalue weighted by molar-refractivity contribution is 0.351. The number of anilines is 1. The van der Waals surface area contributed by atoms with E-state index >= 15 is 0 Å². The van der Waals surface area contributed by atoms with E-state index in [1.165, 1.54) is 16.8 Å². The molecule has 3 aliphatic rings. The molecule has 1 aromatic carbocycles. The maximum Gasteiger partial charge on any atom is 0.141 e. The SMILES string of the molecule is CC1=NCc2ncnc(N3CCC(C)(C4=NC(C)=C(c5ccc(Cl)cc5)C4)CC3)c21. The van der Waals surface area contributed by atoms with Crippen molar-refractivity contribution in [3.8, 4) is 0 Å². The van der Waals surface area contributed by atoms with Crippen molar-refractivity contribution in [2.75, 3.05) is 18.0 Å². The van der Waals surface area contributed by atoms with E-state index in [2.05, 4.69) is 52.8 Å². The predicted octanol–water partition coefficient (Wildman–Crippen LogP) is 5.34. The fraction of sp³-hybridized carbons (Fsp3) is 0.417. The first-order valence-corrected chi connectivity index (χ1v) is 11.0. The van der Waals surface area contributed by atoms with Gasteiger partial charge in [-0.3, -0.25) is 9.98 Å². The van der Waals surface area contributed by atoms with E-state index in [4.69, 9.17) is 16.6 Å². The van der Waals surface area contributed by atoms with Gasteiger partial charge < -0.3 is 4.90 Å². The molecule has 1 aromatic heterocycles. The minimum Gasteiger partial charge on any atom is -0.356 e. The quantitative estimate of drug-likeness (QED) is 0.675. The first kappa shape index (κ1) is 19.4. The summed E-state index contributed by atoms with van der Waals surface area (Å²) in [5, 5.41) is 0.770. The number of piperidine rings is 1. The molecule has 1 fully saturated rings. The molecule has 0 aliphatic carbocycles. The maximum atomic E-state index is 6.07. The highest BCUT2D eigenvalue weighted by molar-refractivity contribution is 6.30. The minimum atomic E-state index is 0.116. The van der Waals surface area contributed by atoms with Crippen LogP contribution >= 0.6 is 11.6 Å². The summed E-state index contributed by atoms with van der Waals surface area (Å²) >= 11 is 6.07. The standard InChI is InChI=1S/C24H26ClN5/c1-15-19(17-4-6-18(25)7-5-17)12-21(29-15)24(3)8-10-30(11-9-24)23-22-16(2)26-13-20(22)27-14-28-23/h4-7,14H,8-13H2,1-3H3. The van der Waals surface area contributed by atoms with Crippen LogP contribution in [0, 0.1) is 5.41 Å². The highest BCUT2D eigenvalue weighted by Gasteiger charge is 2.38. The van der Waals surface area contributed by atoms with Crippen LogP contribution in [-0.4, -0.2) is 34.5 Å². The number of nitrogens with zero attached hydrogens (tertiary/aromatic N) is 5. The molecule has 4 heterocycles. The summed E-state index contributed by atoms with van der Waals surface area (Å²) in [6.07, 6.45) is 4.76. The summed E-state index contributed by atoms with van der Waals surface area (Å²) < 4.78 is 0. The molecule has 0 radical (unpaired) electrons. The lowest BCUT2D eigenvalue weighted by Crippen LogP contribution is -2.43. The van der Waals surface area contributed by atoms with Gasteiger partial charge in [0, 0.05) is 47.1 Å². The predicted molar refractivity (Wildman–Crippen MR) is 124 cm³/mol. The van der Waals surface area contributed by atoms with Crippen molar-refractivity contribution >= 4 is 34.4 Å². The van der Waals surface area contributed by atoms with Crippen LogP contribution in [0.25, 0.3) is 5.57 Å². The lowest BCUT2D eigenvalue weighted by atomic mass is 9.74. The topological polar surface area (TPSA) is 53.7 Å². The number of fused-ring (bicyclic) bond motifs is 1. The van der Waals surface area contributed by atoms with Crippen molar-refractivity contribution in [3.63, 3.8) is 0 Å². The average Bonchev–Trinajstić information content (AvgIpc) is 3.33. The molecule has 0 unspecified atom stereocenters. The van der Waals surface area contributed by atoms with Crippen molar-refractivity contribution in [2.24, 2.45) is 15.4 Å². The van der Waals surface area contributed by atoms with Gasteiger partial charge in [0.2, 0.25) is 0 Å². The molecule has 0 atom stereocenters. The second kappa shape index (κ2) is 7.31. The molecular formula is C24H26ClN5. The molecule has 0 bridgehead atoms. The van der Waals surface area contributed by atoms with Gasteiger partial charge in [0.1, 0.15) is 12.1 Å². The molecule has 0 spiro atoms. The van der Waals surface area contributed by atoms with Crippen molar-refractivity contribution < 1.29 is 0 Å². The molecule has 2 aromatic rings. The monoisotopic (exact) mass is 419 g/mol. The maximum absolute atomic E-state index is 6.07. The fourth-order valence-electron chi connectivity index (χ4n) is 4.83. The van der Waals surface area contributed by atoms with Crippen LogP contribution in [0.2, 0.25) is 5.02 Å². The van der Waals surface area contributed by atoms with Gasteiger partial charge in [0.25, 0.3) is 0 Å². The number of hydrogen-bond acceptors (Lipinski definition) is 5. The Labute approximate surface area is 182 Å². The lowest BCUT2D eigenvalue weighted by Gasteiger charge is -2.40. The Hall–Kier alpha value is -2.53. The summed E-state index contributed by atoms with van der Waals surface area (Å²) in [6.45, 7) is 9.19. The number of allylic oxidation sites excluding steroid dienone is 2. The number of aromatic nitrogens is 2. The Balaban J connectivity index is 1.31. The largest absolute Gasteiger partial charge is 0.356 e. The highest BCUT2D eigenvalue weighted by Crippen LogP contribution is 2.42. The zero-order valence-corrected chi connectivity index (χ0v) is 18.5. The van der Waals surface area contributed by atoms with E-state index in [0.717, 1.165) is 65.9 Å². The number of aliphatic imine (C=N–C) groups is 2. The van der Waals surface area contributed by atoms with Crippen LogP contribution in [-0.2, 0) is 6.54 Å². The minimum absolute atomic E-state index is 0.116. The van der Waals surface area contributed by atoms with E-state index in [1.54, 1.807) is 6.33 Å². The normalized spacial score (nSPS) is 20.3. The van der Waals surface area contributed by atoms with Crippen molar-refractivity contribution in [3.05, 3.63) is 58.1 Å². The molecule has 154 valence electrons. The first-order valence-electron chi connectivity index (χ1n) is 10.6. The summed E-state index contributed by atoms with van der Waals surface area (Å²) in [6, 6.07) is 8.12. The average molecular weight is 420 g/mol. The van der Waals surface area contributed by atoms with Crippen molar-refractivity contribution in [1.82, 2.24) is 9.97 Å². The van der Waals surface area contributed by atoms with E-state index in [0.29, 0.717) is 6.54 Å². The van der Waals surface area contributed by atoms with Gasteiger partial charge in [-0.15, -0.1) is 0 Å². The van der Waals surface area contributed by atoms with Gasteiger partial charge in [-0.05, 0) is 50.0 Å². The van der Waals surface area contributed by atoms with E-state index in [1.807, 2.05) is 12.1 Å². The third kappa shape index (κ3) is 3.25. The van der Waals surface area contributed by atoms with Crippen LogP contribution < -0.4 is 4.90 Å². The smallest absolute Gasteiger partial charge is 0.141 e. The molecule has 30 heavy (non-hydrogen) atoms. The van der Waals surface area contributed by atoms with Gasteiger partial charge in [0.15, 0.2) is 0 Å². The molecule has 0 saturated carbocycles. The molecule has 0 N–H and O–H groups in total. The van der Waals surface area contributed by atoms with Gasteiger partial charge in [-0.25, -0.2) is 9.97 Å². The van der Waals surface area contributed by atoms with Gasteiger partial charge in [-0.1, -0.05) is 30.7 Å². The van der Waals surface area contributed by atoms with Crippen LogP contribution in [0.15, 0.2) is 46.3 Å². The zero-order chi connectivity index (χ0) is 20.9. The van der Waals surface area contributed by atoms with E-state index in [9.17, 15) is 0 Å². The first-order chi connectivity index (χ1) is 14.4. The summed E-state index contributed by atoms with van der Waals surface area (Å²) in [5.41, 5.74) is 8.37. The van der Waals surface area contributed by atoms with Crippen molar-refractivity contribution in [2.45, 2.75) is 46.6 Å². The Kier molecular flexibility index (Phi) is 4.73. The van der Waals surface area contributed by atoms with Gasteiger partial charge >= 0.3 is 0 Å². The number of rotatable bonds is 3. The van der Waals surface area contributed by atoms with E-state index in [-0.39, 0.29) is 5.41 Å². The molecule has 1 saturated heterocycles. The van der Waals surface area contributed by atoms with Crippen LogP contribution in [0.3, 0.4) is 0 Å². The Morgan fingerprint density at radius 1 is 1.03 bits per heavy atom. The van der Waals surface area contributed by atoms with Crippen LogP contribution in [0.5, 0.6) is 0 Å². The second-order valence-corrected chi connectivity index (χ2v) is 9.21. The Morgan fingerprint density at radius 2 is 1.77 bits per heavy atom. The van der Waals surface area contributed by atoms with Crippen LogP contribution in [0.1, 0.15) is 56.9 Å². The number of hydrogen-bond donors (Lipinski definition) is 0. The molecule has 0 amide bonds.